The molecule has 0 heterocycles. The molecule has 0 bridgehead atoms. The molecule has 0 saturated heterocycles. The number of ether oxygens (including phenoxy) is 4. The van der Waals surface area contributed by atoms with E-state index in [1.54, 1.807) is 0 Å². The molecule has 0 amide bonds. The van der Waals surface area contributed by atoms with Gasteiger partial charge in [0.25, 0.3) is 0 Å². The Hall–Kier alpha value is -2.65. The molecule has 0 N–H and O–H groups in total. The van der Waals surface area contributed by atoms with Crippen LogP contribution in [0.25, 0.3) is 0 Å². The molecule has 0 aromatic carbocycles. The minimum atomic E-state index is -0.454. The average Bonchev–Trinajstić information content (AvgIpc) is 3.06. The summed E-state index contributed by atoms with van der Waals surface area (Å²) in [6.07, 6.45) is 3.72. The molecule has 1 fully saturated rings. The van der Waals surface area contributed by atoms with Crippen molar-refractivity contribution < 1.29 is 43.0 Å². The molecule has 1 aliphatic carbocycles. The van der Waals surface area contributed by atoms with Crippen molar-refractivity contribution in [2.24, 2.45) is 17.0 Å². The van der Waals surface area contributed by atoms with Crippen molar-refractivity contribution in [3.8, 4) is 0 Å². The Bertz CT molecular complexity index is 691. The zero-order valence-corrected chi connectivity index (χ0v) is 20.3. The highest BCUT2D eigenvalue weighted by Crippen LogP contribution is 2.42. The lowest BCUT2D eigenvalue weighted by Gasteiger charge is -2.26. The molecule has 0 radical (unpaired) electrons. The molecule has 10 heteroatoms. The number of carbonyl (C=O) groups excluding carboxylic acids is 4. The number of hydrogen-bond acceptors (Lipinski definition) is 10. The molecule has 0 spiro atoms. The van der Waals surface area contributed by atoms with Gasteiger partial charge < -0.3 is 23.8 Å². The van der Waals surface area contributed by atoms with Gasteiger partial charge in [0.2, 0.25) is 0 Å². The Morgan fingerprint density at radius 3 is 1.70 bits per heavy atom. The quantitative estimate of drug-likeness (QED) is 0.123. The number of hydrogen-bond donors (Lipinski definition) is 0. The van der Waals surface area contributed by atoms with Crippen LogP contribution in [0.15, 0.2) is 5.16 Å². The summed E-state index contributed by atoms with van der Waals surface area (Å²) in [6.45, 7) is 2.68. The Labute approximate surface area is 195 Å². The molecule has 4 atom stereocenters. The molecule has 0 aromatic heterocycles. The maximum atomic E-state index is 11.7. The van der Waals surface area contributed by atoms with Crippen LogP contribution in [-0.4, -0.2) is 63.1 Å². The monoisotopic (exact) mass is 471 g/mol. The van der Waals surface area contributed by atoms with Crippen molar-refractivity contribution in [3.05, 3.63) is 0 Å². The van der Waals surface area contributed by atoms with E-state index in [0.717, 1.165) is 12.1 Å². The van der Waals surface area contributed by atoms with Crippen LogP contribution >= 0.6 is 0 Å². The minimum Gasteiger partial charge on any atom is -0.469 e. The van der Waals surface area contributed by atoms with Gasteiger partial charge in [0.1, 0.15) is 19.3 Å². The number of unbranched alkanes of at least 4 members (excludes halogenated alkanes) is 1. The number of carbonyl (C=O) groups is 4. The van der Waals surface area contributed by atoms with E-state index in [9.17, 15) is 19.2 Å². The Morgan fingerprint density at radius 2 is 1.21 bits per heavy atom. The zero-order valence-electron chi connectivity index (χ0n) is 20.3. The van der Waals surface area contributed by atoms with Crippen molar-refractivity contribution in [3.63, 3.8) is 0 Å². The Balaban J connectivity index is 2.90. The largest absolute Gasteiger partial charge is 0.469 e. The van der Waals surface area contributed by atoms with Gasteiger partial charge in [-0.05, 0) is 38.5 Å². The summed E-state index contributed by atoms with van der Waals surface area (Å²) >= 11 is 0. The van der Waals surface area contributed by atoms with Gasteiger partial charge in [-0.25, -0.2) is 0 Å². The highest BCUT2D eigenvalue weighted by Gasteiger charge is 2.46. The fourth-order valence-corrected chi connectivity index (χ4v) is 4.39. The maximum absolute atomic E-state index is 11.7. The second-order valence-electron chi connectivity index (χ2n) is 8.14. The Morgan fingerprint density at radius 1 is 0.727 bits per heavy atom. The number of rotatable bonds is 14. The standard InChI is InChI=1S/C23H37NO9/c1-15(25)32-20-14-21(33-16(2)26)19(12-13-23(28)30-4)18(20)11-10-17(24-31-5)8-6-7-9-22(27)29-3/h18-21H,6-14H2,1-5H3/b24-17-. The fourth-order valence-electron chi connectivity index (χ4n) is 4.39. The summed E-state index contributed by atoms with van der Waals surface area (Å²) in [7, 11) is 4.16. The van der Waals surface area contributed by atoms with Gasteiger partial charge in [-0.1, -0.05) is 5.16 Å². The smallest absolute Gasteiger partial charge is 0.305 e. The maximum Gasteiger partial charge on any atom is 0.305 e. The fraction of sp³-hybridized carbons (Fsp3) is 0.783. The molecule has 0 aromatic rings. The van der Waals surface area contributed by atoms with Gasteiger partial charge in [-0.3, -0.25) is 19.2 Å². The van der Waals surface area contributed by atoms with Gasteiger partial charge in [0.05, 0.1) is 19.9 Å². The number of nitrogens with zero attached hydrogens (tertiary/aromatic N) is 1. The molecule has 10 nitrogen and oxygen atoms in total. The first-order valence-corrected chi connectivity index (χ1v) is 11.3. The third-order valence-electron chi connectivity index (χ3n) is 5.82. The van der Waals surface area contributed by atoms with Crippen LogP contribution in [0, 0.1) is 11.8 Å². The van der Waals surface area contributed by atoms with Crippen molar-refractivity contribution in [1.29, 1.82) is 0 Å². The molecule has 1 saturated carbocycles. The molecular weight excluding hydrogens is 434 g/mol. The number of esters is 4. The molecule has 0 aliphatic heterocycles. The highest BCUT2D eigenvalue weighted by atomic mass is 16.6. The van der Waals surface area contributed by atoms with E-state index in [2.05, 4.69) is 9.89 Å². The normalized spacial score (nSPS) is 22.4. The first-order valence-electron chi connectivity index (χ1n) is 11.3. The van der Waals surface area contributed by atoms with Crippen molar-refractivity contribution in [1.82, 2.24) is 0 Å². The zero-order chi connectivity index (χ0) is 24.8. The summed E-state index contributed by atoms with van der Waals surface area (Å²) in [5.74, 6) is -1.72. The molecule has 4 unspecified atom stereocenters. The van der Waals surface area contributed by atoms with Gasteiger partial charge in [0.15, 0.2) is 0 Å². The SMILES string of the molecule is CO/N=C(/CCCCC(=O)OC)CCC1C(OC(C)=O)CC(OC(C)=O)C1CCC(=O)OC. The average molecular weight is 472 g/mol. The van der Waals surface area contributed by atoms with Crippen LogP contribution in [0.1, 0.15) is 71.6 Å². The molecule has 1 rings (SSSR count). The summed E-state index contributed by atoms with van der Waals surface area (Å²) in [5.41, 5.74) is 0.826. The topological polar surface area (TPSA) is 127 Å². The van der Waals surface area contributed by atoms with Gasteiger partial charge in [-0.2, -0.15) is 0 Å². The van der Waals surface area contributed by atoms with Crippen molar-refractivity contribution >= 4 is 29.6 Å². The predicted octanol–water partition coefficient (Wildman–Crippen LogP) is 2.96. The first kappa shape index (κ1) is 28.4. The van der Waals surface area contributed by atoms with Gasteiger partial charge >= 0.3 is 23.9 Å². The highest BCUT2D eigenvalue weighted by molar-refractivity contribution is 5.84. The lowest BCUT2D eigenvalue weighted by atomic mass is 9.85. The second kappa shape index (κ2) is 15.2. The molecule has 33 heavy (non-hydrogen) atoms. The lowest BCUT2D eigenvalue weighted by molar-refractivity contribution is -0.149. The summed E-state index contributed by atoms with van der Waals surface area (Å²) in [5, 5.41) is 4.12. The van der Waals surface area contributed by atoms with E-state index in [0.29, 0.717) is 44.9 Å². The number of methoxy groups -OCH3 is 2. The van der Waals surface area contributed by atoms with E-state index in [-0.39, 0.29) is 30.2 Å². The van der Waals surface area contributed by atoms with Crippen LogP contribution in [-0.2, 0) is 43.0 Å². The first-order chi connectivity index (χ1) is 15.7. The van der Waals surface area contributed by atoms with Crippen molar-refractivity contribution in [2.45, 2.75) is 83.8 Å². The van der Waals surface area contributed by atoms with Crippen LogP contribution in [0.5, 0.6) is 0 Å². The second-order valence-corrected chi connectivity index (χ2v) is 8.14. The molecular formula is C23H37NO9. The third kappa shape index (κ3) is 10.7. The van der Waals surface area contributed by atoms with E-state index >= 15 is 0 Å². The van der Waals surface area contributed by atoms with E-state index in [1.165, 1.54) is 35.2 Å². The Kier molecular flexibility index (Phi) is 13.1. The van der Waals surface area contributed by atoms with Gasteiger partial charge in [-0.15, -0.1) is 0 Å². The lowest BCUT2D eigenvalue weighted by Crippen LogP contribution is -2.28. The van der Waals surface area contributed by atoms with E-state index in [4.69, 9.17) is 19.0 Å². The minimum absolute atomic E-state index is 0.125. The van der Waals surface area contributed by atoms with Crippen LogP contribution < -0.4 is 0 Å². The van der Waals surface area contributed by atoms with Crippen LogP contribution in [0.3, 0.4) is 0 Å². The summed E-state index contributed by atoms with van der Waals surface area (Å²) in [4.78, 5) is 51.4. The summed E-state index contributed by atoms with van der Waals surface area (Å²) in [6, 6.07) is 0. The predicted molar refractivity (Wildman–Crippen MR) is 118 cm³/mol. The van der Waals surface area contributed by atoms with Crippen LogP contribution in [0.4, 0.5) is 0 Å². The van der Waals surface area contributed by atoms with Gasteiger partial charge in [0, 0.05) is 44.9 Å². The van der Waals surface area contributed by atoms with Crippen molar-refractivity contribution in [2.75, 3.05) is 21.3 Å². The van der Waals surface area contributed by atoms with Crippen LogP contribution in [0.2, 0.25) is 0 Å². The number of oxime groups is 1. The van der Waals surface area contributed by atoms with E-state index < -0.39 is 24.1 Å². The molecule has 1 aliphatic rings. The van der Waals surface area contributed by atoms with E-state index in [1.807, 2.05) is 0 Å². The third-order valence-corrected chi connectivity index (χ3v) is 5.82. The molecule has 188 valence electrons. The summed E-state index contributed by atoms with van der Waals surface area (Å²) < 4.78 is 20.5.